The van der Waals surface area contributed by atoms with Gasteiger partial charge in [0.15, 0.2) is 6.10 Å². The van der Waals surface area contributed by atoms with Crippen molar-refractivity contribution in [2.24, 2.45) is 0 Å². The van der Waals surface area contributed by atoms with E-state index in [1.807, 2.05) is 5.06 Å². The van der Waals surface area contributed by atoms with Crippen LogP contribution in [0, 0.1) is 0 Å². The van der Waals surface area contributed by atoms with Crippen LogP contribution in [0.1, 0.15) is 53.9 Å². The summed E-state index contributed by atoms with van der Waals surface area (Å²) in [5.41, 5.74) is -0.147. The van der Waals surface area contributed by atoms with E-state index in [1.165, 1.54) is 6.42 Å². The van der Waals surface area contributed by atoms with Gasteiger partial charge in [-0.2, -0.15) is 5.06 Å². The van der Waals surface area contributed by atoms with E-state index in [1.54, 1.807) is 6.92 Å². The van der Waals surface area contributed by atoms with Gasteiger partial charge in [-0.25, -0.2) is 4.79 Å². The van der Waals surface area contributed by atoms with Gasteiger partial charge in [-0.1, -0.05) is 0 Å². The van der Waals surface area contributed by atoms with Crippen LogP contribution in [0.2, 0.25) is 0 Å². The number of hydrogen-bond donors (Lipinski definition) is 0. The Balaban J connectivity index is 1.92. The smallest absolute Gasteiger partial charge is 0.337 e. The second-order valence-electron chi connectivity index (χ2n) is 7.11. The predicted octanol–water partition coefficient (Wildman–Crippen LogP) is 2.29. The van der Waals surface area contributed by atoms with Crippen LogP contribution in [0.15, 0.2) is 0 Å². The van der Waals surface area contributed by atoms with Crippen molar-refractivity contribution in [1.29, 1.82) is 0 Å². The van der Waals surface area contributed by atoms with Gasteiger partial charge in [-0.15, -0.1) is 0 Å². The summed E-state index contributed by atoms with van der Waals surface area (Å²) in [5, 5.41) is 1.99. The average molecular weight is 285 g/mol. The maximum atomic E-state index is 11.9. The second-order valence-corrected chi connectivity index (χ2v) is 7.11. The van der Waals surface area contributed by atoms with Crippen molar-refractivity contribution >= 4 is 5.97 Å². The molecule has 2 heterocycles. The van der Waals surface area contributed by atoms with E-state index in [0.29, 0.717) is 13.2 Å². The minimum Gasteiger partial charge on any atom is -0.461 e. The van der Waals surface area contributed by atoms with Gasteiger partial charge in [0.25, 0.3) is 0 Å². The molecule has 0 aliphatic carbocycles. The number of epoxide rings is 1. The van der Waals surface area contributed by atoms with Crippen molar-refractivity contribution in [3.63, 3.8) is 0 Å². The molecule has 5 nitrogen and oxygen atoms in total. The highest BCUT2D eigenvalue weighted by molar-refractivity contribution is 5.74. The third-order valence-electron chi connectivity index (χ3n) is 4.09. The molecule has 2 aliphatic heterocycles. The molecular weight excluding hydrogens is 258 g/mol. The summed E-state index contributed by atoms with van der Waals surface area (Å²) in [5.74, 6) is -0.322. The lowest BCUT2D eigenvalue weighted by atomic mass is 9.82. The van der Waals surface area contributed by atoms with Crippen molar-refractivity contribution in [1.82, 2.24) is 5.06 Å². The Morgan fingerprint density at radius 2 is 1.85 bits per heavy atom. The van der Waals surface area contributed by atoms with Gasteiger partial charge in [-0.05, 0) is 53.9 Å². The average Bonchev–Trinajstić information content (AvgIpc) is 3.14. The van der Waals surface area contributed by atoms with Crippen LogP contribution in [0.4, 0.5) is 0 Å². The Morgan fingerprint density at radius 3 is 2.35 bits per heavy atom. The number of carbonyl (C=O) groups is 1. The summed E-state index contributed by atoms with van der Waals surface area (Å²) in [7, 11) is 0. The Kier molecular flexibility index (Phi) is 4.42. The zero-order chi connectivity index (χ0) is 15.0. The van der Waals surface area contributed by atoms with E-state index in [-0.39, 0.29) is 23.2 Å². The summed E-state index contributed by atoms with van der Waals surface area (Å²) < 4.78 is 10.2. The largest absolute Gasteiger partial charge is 0.461 e. The first-order valence-corrected chi connectivity index (χ1v) is 7.48. The Labute approximate surface area is 121 Å². The van der Waals surface area contributed by atoms with Crippen LogP contribution in [0.25, 0.3) is 0 Å². The molecular formula is C15H27NO4. The summed E-state index contributed by atoms with van der Waals surface area (Å²) in [6.07, 6.45) is 2.80. The van der Waals surface area contributed by atoms with E-state index in [4.69, 9.17) is 14.3 Å². The van der Waals surface area contributed by atoms with Crippen LogP contribution >= 0.6 is 0 Å². The van der Waals surface area contributed by atoms with Crippen molar-refractivity contribution in [2.75, 3.05) is 13.2 Å². The van der Waals surface area contributed by atoms with E-state index in [0.717, 1.165) is 12.8 Å². The van der Waals surface area contributed by atoms with Crippen molar-refractivity contribution in [3.8, 4) is 0 Å². The SMILES string of the molecule is CC(ON1C(C)(C)CCCC1(C)C)C(=O)OCC1CO1. The van der Waals surface area contributed by atoms with E-state index in [9.17, 15) is 4.79 Å². The number of carbonyl (C=O) groups excluding carboxylic acids is 1. The number of nitrogens with zero attached hydrogens (tertiary/aromatic N) is 1. The molecule has 116 valence electrons. The van der Waals surface area contributed by atoms with Crippen LogP contribution < -0.4 is 0 Å². The van der Waals surface area contributed by atoms with Crippen LogP contribution in [-0.2, 0) is 19.1 Å². The number of hydroxylamine groups is 2. The quantitative estimate of drug-likeness (QED) is 0.573. The number of esters is 1. The summed E-state index contributed by atoms with van der Waals surface area (Å²) in [6.45, 7) is 11.4. The Morgan fingerprint density at radius 1 is 1.30 bits per heavy atom. The third-order valence-corrected chi connectivity index (χ3v) is 4.09. The Bertz CT molecular complexity index is 347. The molecule has 0 aromatic carbocycles. The molecule has 0 aromatic heterocycles. The minimum absolute atomic E-state index is 0.0735. The monoisotopic (exact) mass is 285 g/mol. The third kappa shape index (κ3) is 3.71. The molecule has 0 radical (unpaired) electrons. The highest BCUT2D eigenvalue weighted by atomic mass is 16.7. The number of ether oxygens (including phenoxy) is 2. The maximum Gasteiger partial charge on any atom is 0.337 e. The molecule has 0 aromatic rings. The molecule has 2 aliphatic rings. The van der Waals surface area contributed by atoms with E-state index < -0.39 is 6.10 Å². The lowest BCUT2D eigenvalue weighted by molar-refractivity contribution is -0.299. The summed E-state index contributed by atoms with van der Waals surface area (Å²) in [6, 6.07) is 0. The van der Waals surface area contributed by atoms with Gasteiger partial charge in [0.05, 0.1) is 6.61 Å². The Hall–Kier alpha value is -0.650. The topological polar surface area (TPSA) is 51.3 Å². The minimum atomic E-state index is -0.592. The molecule has 0 amide bonds. The zero-order valence-electron chi connectivity index (χ0n) is 13.3. The molecule has 0 saturated carbocycles. The molecule has 0 N–H and O–H groups in total. The van der Waals surface area contributed by atoms with E-state index in [2.05, 4.69) is 27.7 Å². The molecule has 2 saturated heterocycles. The molecule has 2 unspecified atom stereocenters. The van der Waals surface area contributed by atoms with Crippen LogP contribution in [0.3, 0.4) is 0 Å². The summed E-state index contributed by atoms with van der Waals surface area (Å²) in [4.78, 5) is 17.9. The molecule has 5 heteroatoms. The second kappa shape index (κ2) is 5.62. The lowest BCUT2D eigenvalue weighted by Crippen LogP contribution is -2.59. The van der Waals surface area contributed by atoms with E-state index >= 15 is 0 Å². The first-order valence-electron chi connectivity index (χ1n) is 7.48. The zero-order valence-corrected chi connectivity index (χ0v) is 13.3. The van der Waals surface area contributed by atoms with Crippen molar-refractivity contribution in [3.05, 3.63) is 0 Å². The fraction of sp³-hybridized carbons (Fsp3) is 0.933. The molecule has 0 bridgehead atoms. The highest BCUT2D eigenvalue weighted by Crippen LogP contribution is 2.38. The lowest BCUT2D eigenvalue weighted by Gasteiger charge is -2.51. The standard InChI is InChI=1S/C15H27NO4/c1-11(13(17)19-10-12-9-18-12)20-16-14(2,3)7-6-8-15(16,4)5/h11-12H,6-10H2,1-5H3. The molecule has 20 heavy (non-hydrogen) atoms. The molecule has 2 atom stereocenters. The predicted molar refractivity (Wildman–Crippen MR) is 75.1 cm³/mol. The van der Waals surface area contributed by atoms with Crippen molar-refractivity contribution in [2.45, 2.75) is 77.2 Å². The van der Waals surface area contributed by atoms with Gasteiger partial charge < -0.3 is 9.47 Å². The molecule has 2 fully saturated rings. The maximum absolute atomic E-state index is 11.9. The fourth-order valence-corrected chi connectivity index (χ4v) is 2.92. The summed E-state index contributed by atoms with van der Waals surface area (Å²) >= 11 is 0. The van der Waals surface area contributed by atoms with Crippen LogP contribution in [0.5, 0.6) is 0 Å². The molecule has 0 spiro atoms. The van der Waals surface area contributed by atoms with Gasteiger partial charge in [-0.3, -0.25) is 4.84 Å². The normalized spacial score (nSPS) is 29.8. The molecule has 2 rings (SSSR count). The number of hydrogen-bond acceptors (Lipinski definition) is 5. The number of rotatable bonds is 5. The first-order chi connectivity index (χ1) is 9.22. The van der Waals surface area contributed by atoms with Gasteiger partial charge in [0.2, 0.25) is 0 Å². The van der Waals surface area contributed by atoms with Gasteiger partial charge >= 0.3 is 5.97 Å². The van der Waals surface area contributed by atoms with Crippen LogP contribution in [-0.4, -0.2) is 47.5 Å². The fourth-order valence-electron chi connectivity index (χ4n) is 2.92. The number of piperidine rings is 1. The highest BCUT2D eigenvalue weighted by Gasteiger charge is 2.44. The van der Waals surface area contributed by atoms with Gasteiger partial charge in [0.1, 0.15) is 12.7 Å². The van der Waals surface area contributed by atoms with Crippen molar-refractivity contribution < 1.29 is 19.1 Å². The first kappa shape index (κ1) is 15.7. The van der Waals surface area contributed by atoms with Gasteiger partial charge in [0, 0.05) is 11.1 Å².